The Hall–Kier alpha value is -4.26. The van der Waals surface area contributed by atoms with Gasteiger partial charge in [-0.05, 0) is 35.0 Å². The molecule has 2 aromatic heterocycles. The zero-order valence-electron chi connectivity index (χ0n) is 15.0. The summed E-state index contributed by atoms with van der Waals surface area (Å²) in [6, 6.07) is 21.8. The first-order valence-electron chi connectivity index (χ1n) is 8.85. The van der Waals surface area contributed by atoms with E-state index in [0.717, 1.165) is 16.3 Å². The van der Waals surface area contributed by atoms with Crippen LogP contribution in [0.15, 0.2) is 86.4 Å². The number of anilines is 1. The van der Waals surface area contributed by atoms with Crippen LogP contribution < -0.4 is 10.9 Å². The second-order valence-corrected chi connectivity index (χ2v) is 6.38. The summed E-state index contributed by atoms with van der Waals surface area (Å²) in [6.45, 7) is 0. The number of rotatable bonds is 3. The van der Waals surface area contributed by atoms with Crippen molar-refractivity contribution in [2.75, 3.05) is 5.32 Å². The van der Waals surface area contributed by atoms with E-state index in [1.807, 2.05) is 60.7 Å². The van der Waals surface area contributed by atoms with Crippen LogP contribution in [0.5, 0.6) is 0 Å². The zero-order valence-corrected chi connectivity index (χ0v) is 15.0. The van der Waals surface area contributed by atoms with E-state index in [-0.39, 0.29) is 17.5 Å². The van der Waals surface area contributed by atoms with Gasteiger partial charge in [0.1, 0.15) is 11.1 Å². The summed E-state index contributed by atoms with van der Waals surface area (Å²) < 4.78 is 10.8. The Bertz CT molecular complexity index is 1420. The highest BCUT2D eigenvalue weighted by Gasteiger charge is 2.18. The van der Waals surface area contributed by atoms with Crippen LogP contribution in [0.2, 0.25) is 0 Å². The maximum atomic E-state index is 12.7. The summed E-state index contributed by atoms with van der Waals surface area (Å²) in [6.07, 6.45) is 0. The molecule has 0 saturated heterocycles. The third-order valence-electron chi connectivity index (χ3n) is 4.55. The lowest BCUT2D eigenvalue weighted by molar-refractivity contribution is 0.102. The highest BCUT2D eigenvalue weighted by molar-refractivity contribution is 6.10. The molecule has 0 radical (unpaired) electrons. The Morgan fingerprint density at radius 1 is 0.828 bits per heavy atom. The maximum absolute atomic E-state index is 12.7. The van der Waals surface area contributed by atoms with Gasteiger partial charge in [0.05, 0.1) is 0 Å². The molecule has 7 heteroatoms. The monoisotopic (exact) mass is 383 g/mol. The quantitative estimate of drug-likeness (QED) is 0.369. The predicted molar refractivity (Wildman–Crippen MR) is 108 cm³/mol. The number of benzene rings is 3. The van der Waals surface area contributed by atoms with E-state index < -0.39 is 11.5 Å². The molecule has 7 nitrogen and oxygen atoms in total. The number of fused-ring (bicyclic) bond motifs is 3. The number of hydrogen-bond donors (Lipinski definition) is 1. The van der Waals surface area contributed by atoms with E-state index in [4.69, 9.17) is 8.83 Å². The van der Waals surface area contributed by atoms with Crippen LogP contribution in [0.25, 0.3) is 33.2 Å². The SMILES string of the molecule is O=C(Nc1nnc(-c2ccccc2)o1)c1cc2c(ccc3ccccc32)oc1=O. The molecule has 0 aliphatic carbocycles. The average molecular weight is 383 g/mol. The van der Waals surface area contributed by atoms with Crippen molar-refractivity contribution in [2.24, 2.45) is 0 Å². The van der Waals surface area contributed by atoms with E-state index in [0.29, 0.717) is 11.0 Å². The normalized spacial score (nSPS) is 11.0. The van der Waals surface area contributed by atoms with Crippen molar-refractivity contribution < 1.29 is 13.6 Å². The number of carbonyl (C=O) groups excluding carboxylic acids is 1. The summed E-state index contributed by atoms with van der Waals surface area (Å²) in [7, 11) is 0. The Morgan fingerprint density at radius 2 is 1.62 bits per heavy atom. The molecule has 0 atom stereocenters. The van der Waals surface area contributed by atoms with Gasteiger partial charge in [0, 0.05) is 10.9 Å². The summed E-state index contributed by atoms with van der Waals surface area (Å²) in [4.78, 5) is 25.0. The number of nitrogens with zero attached hydrogens (tertiary/aromatic N) is 2. The molecule has 0 unspecified atom stereocenters. The largest absolute Gasteiger partial charge is 0.422 e. The fourth-order valence-electron chi connectivity index (χ4n) is 3.17. The van der Waals surface area contributed by atoms with Gasteiger partial charge in [0.2, 0.25) is 5.89 Å². The number of hydrogen-bond acceptors (Lipinski definition) is 6. The highest BCUT2D eigenvalue weighted by atomic mass is 16.4. The molecule has 0 spiro atoms. The molecule has 2 heterocycles. The van der Waals surface area contributed by atoms with Gasteiger partial charge in [-0.3, -0.25) is 10.1 Å². The summed E-state index contributed by atoms with van der Waals surface area (Å²) in [5.41, 5.74) is 0.244. The second-order valence-electron chi connectivity index (χ2n) is 6.38. The molecule has 3 aromatic carbocycles. The van der Waals surface area contributed by atoms with Crippen molar-refractivity contribution in [3.63, 3.8) is 0 Å². The van der Waals surface area contributed by atoms with E-state index >= 15 is 0 Å². The number of carbonyl (C=O) groups is 1. The first-order valence-corrected chi connectivity index (χ1v) is 8.85. The van der Waals surface area contributed by atoms with Crippen LogP contribution in [0.4, 0.5) is 6.01 Å². The molecule has 1 amide bonds. The van der Waals surface area contributed by atoms with Gasteiger partial charge in [0.15, 0.2) is 0 Å². The number of aromatic nitrogens is 2. The van der Waals surface area contributed by atoms with Gasteiger partial charge >= 0.3 is 11.6 Å². The van der Waals surface area contributed by atoms with Crippen LogP contribution in [0.1, 0.15) is 10.4 Å². The Balaban J connectivity index is 1.51. The lowest BCUT2D eigenvalue weighted by Gasteiger charge is -2.05. The van der Waals surface area contributed by atoms with Crippen molar-refractivity contribution in [1.29, 1.82) is 0 Å². The van der Waals surface area contributed by atoms with Crippen LogP contribution in [0.3, 0.4) is 0 Å². The van der Waals surface area contributed by atoms with Crippen LogP contribution in [-0.2, 0) is 0 Å². The molecule has 0 aliphatic heterocycles. The predicted octanol–water partition coefficient (Wildman–Crippen LogP) is 4.25. The highest BCUT2D eigenvalue weighted by Crippen LogP contribution is 2.25. The smallest absolute Gasteiger partial charge is 0.349 e. The van der Waals surface area contributed by atoms with Crippen molar-refractivity contribution in [3.8, 4) is 11.5 Å². The van der Waals surface area contributed by atoms with E-state index in [1.165, 1.54) is 6.07 Å². The number of amides is 1. The summed E-state index contributed by atoms with van der Waals surface area (Å²) in [5, 5.41) is 12.7. The molecule has 0 fully saturated rings. The zero-order chi connectivity index (χ0) is 19.8. The first kappa shape index (κ1) is 16.9. The topological polar surface area (TPSA) is 98.2 Å². The summed E-state index contributed by atoms with van der Waals surface area (Å²) >= 11 is 0. The molecule has 5 aromatic rings. The van der Waals surface area contributed by atoms with Crippen LogP contribution >= 0.6 is 0 Å². The van der Waals surface area contributed by atoms with Crippen LogP contribution in [0, 0.1) is 0 Å². The van der Waals surface area contributed by atoms with Gasteiger partial charge in [-0.1, -0.05) is 53.6 Å². The standard InChI is InChI=1S/C22H13N3O4/c26-19(23-22-25-24-20(29-22)14-7-2-1-3-8-14)17-12-16-15-9-5-4-6-13(15)10-11-18(16)28-21(17)27/h1-12H,(H,23,25,26). The molecule has 140 valence electrons. The van der Waals surface area contributed by atoms with Gasteiger partial charge in [-0.15, -0.1) is 5.10 Å². The minimum absolute atomic E-state index is 0.105. The Kier molecular flexibility index (Phi) is 3.91. The van der Waals surface area contributed by atoms with Gasteiger partial charge in [-0.25, -0.2) is 4.79 Å². The molecular formula is C22H13N3O4. The Labute approximate surface area is 163 Å². The molecule has 29 heavy (non-hydrogen) atoms. The molecule has 1 N–H and O–H groups in total. The molecule has 0 saturated carbocycles. The maximum Gasteiger partial charge on any atom is 0.349 e. The van der Waals surface area contributed by atoms with E-state index in [1.54, 1.807) is 6.07 Å². The van der Waals surface area contributed by atoms with E-state index in [9.17, 15) is 9.59 Å². The van der Waals surface area contributed by atoms with Gasteiger partial charge in [-0.2, -0.15) is 0 Å². The minimum Gasteiger partial charge on any atom is -0.422 e. The minimum atomic E-state index is -0.743. The Morgan fingerprint density at radius 3 is 2.48 bits per heavy atom. The lowest BCUT2D eigenvalue weighted by Crippen LogP contribution is -2.20. The molecular weight excluding hydrogens is 370 g/mol. The molecule has 5 rings (SSSR count). The third kappa shape index (κ3) is 3.04. The lowest BCUT2D eigenvalue weighted by atomic mass is 10.0. The third-order valence-corrected chi connectivity index (χ3v) is 4.55. The van der Waals surface area contributed by atoms with Gasteiger partial charge < -0.3 is 8.83 Å². The summed E-state index contributed by atoms with van der Waals surface area (Å²) in [5.74, 6) is -0.422. The van der Waals surface area contributed by atoms with Crippen LogP contribution in [-0.4, -0.2) is 16.1 Å². The van der Waals surface area contributed by atoms with Crippen molar-refractivity contribution in [3.05, 3.63) is 88.8 Å². The first-order chi connectivity index (χ1) is 14.2. The van der Waals surface area contributed by atoms with Crippen molar-refractivity contribution in [1.82, 2.24) is 10.2 Å². The number of nitrogens with one attached hydrogen (secondary N) is 1. The fourth-order valence-corrected chi connectivity index (χ4v) is 3.17. The average Bonchev–Trinajstić information content (AvgIpc) is 3.22. The van der Waals surface area contributed by atoms with Crippen molar-refractivity contribution in [2.45, 2.75) is 0 Å². The second kappa shape index (κ2) is 6.72. The van der Waals surface area contributed by atoms with Gasteiger partial charge in [0.25, 0.3) is 5.91 Å². The van der Waals surface area contributed by atoms with Crippen molar-refractivity contribution >= 4 is 33.7 Å². The molecule has 0 aliphatic rings. The molecule has 0 bridgehead atoms. The fraction of sp³-hybridized carbons (Fsp3) is 0. The van der Waals surface area contributed by atoms with E-state index in [2.05, 4.69) is 15.5 Å².